The maximum absolute atomic E-state index is 13.2. The van der Waals surface area contributed by atoms with E-state index >= 15 is 0 Å². The number of aryl methyl sites for hydroxylation is 1. The number of nitrogens with zero attached hydrogens (tertiary/aromatic N) is 4. The molecule has 140 valence electrons. The second-order valence-corrected chi connectivity index (χ2v) is 6.86. The van der Waals surface area contributed by atoms with Crippen LogP contribution >= 0.6 is 0 Å². The third-order valence-electron chi connectivity index (χ3n) is 5.02. The van der Waals surface area contributed by atoms with Gasteiger partial charge in [-0.25, -0.2) is 14.5 Å². The van der Waals surface area contributed by atoms with Crippen LogP contribution in [0.3, 0.4) is 0 Å². The maximum Gasteiger partial charge on any atom is 0.267 e. The van der Waals surface area contributed by atoms with Gasteiger partial charge in [-0.1, -0.05) is 36.4 Å². The van der Waals surface area contributed by atoms with Gasteiger partial charge in [0.2, 0.25) is 0 Å². The van der Waals surface area contributed by atoms with Crippen molar-refractivity contribution in [3.8, 4) is 5.82 Å². The van der Waals surface area contributed by atoms with Crippen LogP contribution in [0.4, 0.5) is 0 Å². The lowest BCUT2D eigenvalue weighted by Gasteiger charge is -2.10. The Kier molecular flexibility index (Phi) is 4.06. The lowest BCUT2D eigenvalue weighted by atomic mass is 10.1. The van der Waals surface area contributed by atoms with Crippen molar-refractivity contribution in [1.29, 1.82) is 0 Å². The van der Waals surface area contributed by atoms with Crippen molar-refractivity contribution in [3.05, 3.63) is 101 Å². The summed E-state index contributed by atoms with van der Waals surface area (Å²) >= 11 is 0. The molecule has 5 heteroatoms. The van der Waals surface area contributed by atoms with Crippen molar-refractivity contribution in [2.24, 2.45) is 7.05 Å². The van der Waals surface area contributed by atoms with E-state index in [-0.39, 0.29) is 5.56 Å². The Hall–Kier alpha value is -3.99. The summed E-state index contributed by atoms with van der Waals surface area (Å²) in [4.78, 5) is 22.3. The molecule has 0 fully saturated rings. The number of para-hydroxylation sites is 2. The summed E-state index contributed by atoms with van der Waals surface area (Å²) in [6.45, 7) is 0. The summed E-state index contributed by atoms with van der Waals surface area (Å²) in [5, 5.41) is 1.72. The fourth-order valence-electron chi connectivity index (χ4n) is 3.64. The smallest absolute Gasteiger partial charge is 0.267 e. The topological polar surface area (TPSA) is 52.7 Å². The molecule has 5 nitrogen and oxygen atoms in total. The molecular weight excluding hydrogens is 360 g/mol. The SMILES string of the molecule is Cn1cc(/C=C/c2nc3ccccc3c(=O)n2-c2ccccn2)c2ccccc21. The quantitative estimate of drug-likeness (QED) is 0.466. The van der Waals surface area contributed by atoms with Gasteiger partial charge < -0.3 is 4.57 Å². The highest BCUT2D eigenvalue weighted by molar-refractivity contribution is 5.92. The Balaban J connectivity index is 1.73. The van der Waals surface area contributed by atoms with E-state index in [1.165, 1.54) is 0 Å². The lowest BCUT2D eigenvalue weighted by Crippen LogP contribution is -2.23. The summed E-state index contributed by atoms with van der Waals surface area (Å²) < 4.78 is 3.65. The monoisotopic (exact) mass is 378 g/mol. The molecular formula is C24H18N4O. The number of fused-ring (bicyclic) bond motifs is 2. The van der Waals surface area contributed by atoms with Crippen molar-refractivity contribution in [2.75, 3.05) is 0 Å². The third-order valence-corrected chi connectivity index (χ3v) is 5.02. The molecule has 0 unspecified atom stereocenters. The first-order valence-corrected chi connectivity index (χ1v) is 9.38. The van der Waals surface area contributed by atoms with Crippen LogP contribution in [-0.2, 0) is 7.05 Å². The number of rotatable bonds is 3. The highest BCUT2D eigenvalue weighted by Gasteiger charge is 2.12. The van der Waals surface area contributed by atoms with Gasteiger partial charge in [-0.15, -0.1) is 0 Å². The molecule has 0 atom stereocenters. The van der Waals surface area contributed by atoms with E-state index in [9.17, 15) is 4.79 Å². The summed E-state index contributed by atoms with van der Waals surface area (Å²) in [6.07, 6.45) is 7.63. The molecule has 0 aliphatic rings. The second-order valence-electron chi connectivity index (χ2n) is 6.86. The van der Waals surface area contributed by atoms with Gasteiger partial charge in [0.1, 0.15) is 11.6 Å². The average molecular weight is 378 g/mol. The first kappa shape index (κ1) is 17.1. The van der Waals surface area contributed by atoms with Crippen molar-refractivity contribution in [3.63, 3.8) is 0 Å². The van der Waals surface area contributed by atoms with Crippen molar-refractivity contribution in [1.82, 2.24) is 19.1 Å². The Bertz CT molecular complexity index is 1430. The van der Waals surface area contributed by atoms with Gasteiger partial charge in [0.25, 0.3) is 5.56 Å². The first-order chi connectivity index (χ1) is 14.2. The van der Waals surface area contributed by atoms with Crippen LogP contribution < -0.4 is 5.56 Å². The van der Waals surface area contributed by atoms with Gasteiger partial charge in [0, 0.05) is 35.9 Å². The molecule has 0 aliphatic heterocycles. The Labute approximate surface area is 167 Å². The number of benzene rings is 2. The molecule has 0 bridgehead atoms. The molecule has 0 radical (unpaired) electrons. The number of aromatic nitrogens is 4. The fraction of sp³-hybridized carbons (Fsp3) is 0.0417. The van der Waals surface area contributed by atoms with Gasteiger partial charge in [0.05, 0.1) is 10.9 Å². The first-order valence-electron chi connectivity index (χ1n) is 9.38. The van der Waals surface area contributed by atoms with Crippen LogP contribution in [0.2, 0.25) is 0 Å². The molecule has 5 aromatic rings. The third kappa shape index (κ3) is 2.93. The van der Waals surface area contributed by atoms with Crippen LogP contribution in [0.25, 0.3) is 39.8 Å². The van der Waals surface area contributed by atoms with Gasteiger partial charge in [-0.3, -0.25) is 4.79 Å². The van der Waals surface area contributed by atoms with E-state index in [0.717, 1.165) is 16.5 Å². The largest absolute Gasteiger partial charge is 0.350 e. The van der Waals surface area contributed by atoms with Crippen molar-refractivity contribution in [2.45, 2.75) is 0 Å². The van der Waals surface area contributed by atoms with Crippen LogP contribution in [0.5, 0.6) is 0 Å². The van der Waals surface area contributed by atoms with E-state index in [0.29, 0.717) is 22.5 Å². The molecule has 29 heavy (non-hydrogen) atoms. The summed E-state index contributed by atoms with van der Waals surface area (Å²) in [5.41, 5.74) is 2.76. The molecule has 0 aliphatic carbocycles. The summed E-state index contributed by atoms with van der Waals surface area (Å²) in [5.74, 6) is 1.09. The van der Waals surface area contributed by atoms with Crippen LogP contribution in [-0.4, -0.2) is 19.1 Å². The van der Waals surface area contributed by atoms with E-state index in [1.54, 1.807) is 16.8 Å². The van der Waals surface area contributed by atoms with E-state index < -0.39 is 0 Å². The number of pyridine rings is 1. The molecule has 0 amide bonds. The van der Waals surface area contributed by atoms with Crippen molar-refractivity contribution < 1.29 is 0 Å². The zero-order valence-electron chi connectivity index (χ0n) is 15.9. The van der Waals surface area contributed by atoms with Crippen LogP contribution in [0.15, 0.2) is 83.9 Å². The van der Waals surface area contributed by atoms with E-state index in [4.69, 9.17) is 4.98 Å². The zero-order chi connectivity index (χ0) is 19.8. The molecule has 3 heterocycles. The minimum Gasteiger partial charge on any atom is -0.350 e. The zero-order valence-corrected chi connectivity index (χ0v) is 15.9. The Morgan fingerprint density at radius 2 is 1.62 bits per heavy atom. The number of hydrogen-bond acceptors (Lipinski definition) is 3. The second kappa shape index (κ2) is 6.87. The molecule has 0 spiro atoms. The molecule has 0 N–H and O–H groups in total. The minimum atomic E-state index is -0.133. The summed E-state index contributed by atoms with van der Waals surface area (Å²) in [7, 11) is 2.03. The van der Waals surface area contributed by atoms with Gasteiger partial charge in [0.15, 0.2) is 0 Å². The predicted octanol–water partition coefficient (Wildman–Crippen LogP) is 4.44. The molecule has 2 aromatic carbocycles. The molecule has 5 rings (SSSR count). The summed E-state index contributed by atoms with van der Waals surface area (Å²) in [6, 6.07) is 21.1. The molecule has 0 saturated heterocycles. The lowest BCUT2D eigenvalue weighted by molar-refractivity contribution is 0.905. The van der Waals surface area contributed by atoms with Gasteiger partial charge in [-0.2, -0.15) is 0 Å². The maximum atomic E-state index is 13.2. The predicted molar refractivity (Wildman–Crippen MR) is 117 cm³/mol. The Morgan fingerprint density at radius 3 is 2.45 bits per heavy atom. The minimum absolute atomic E-state index is 0.133. The Morgan fingerprint density at radius 1 is 0.862 bits per heavy atom. The standard InChI is InChI=1S/C24H18N4O/c1-27-16-17(18-8-3-5-11-21(18)27)13-14-23-26-20-10-4-2-9-19(20)24(29)28(23)22-12-6-7-15-25-22/h2-16H,1H3/b14-13+. The normalized spacial score (nSPS) is 11.6. The molecule has 3 aromatic heterocycles. The van der Waals surface area contributed by atoms with E-state index in [2.05, 4.69) is 27.9 Å². The highest BCUT2D eigenvalue weighted by atomic mass is 16.1. The van der Waals surface area contributed by atoms with E-state index in [1.807, 2.05) is 67.7 Å². The van der Waals surface area contributed by atoms with Crippen LogP contribution in [0, 0.1) is 0 Å². The van der Waals surface area contributed by atoms with Gasteiger partial charge >= 0.3 is 0 Å². The molecule has 0 saturated carbocycles. The highest BCUT2D eigenvalue weighted by Crippen LogP contribution is 2.22. The average Bonchev–Trinajstić information content (AvgIpc) is 3.09. The van der Waals surface area contributed by atoms with Crippen LogP contribution in [0.1, 0.15) is 11.4 Å². The number of hydrogen-bond donors (Lipinski definition) is 0. The van der Waals surface area contributed by atoms with Crippen molar-refractivity contribution >= 4 is 34.0 Å². The fourth-order valence-corrected chi connectivity index (χ4v) is 3.64. The van der Waals surface area contributed by atoms with Gasteiger partial charge in [-0.05, 0) is 42.5 Å².